The Kier molecular flexibility index (Phi) is 5.68. The fourth-order valence-electron chi connectivity index (χ4n) is 4.36. The van der Waals surface area contributed by atoms with Crippen molar-refractivity contribution in [1.82, 2.24) is 29.9 Å². The van der Waals surface area contributed by atoms with Gasteiger partial charge in [-0.1, -0.05) is 47.1 Å². The van der Waals surface area contributed by atoms with E-state index < -0.39 is 0 Å². The van der Waals surface area contributed by atoms with Crippen LogP contribution in [0.4, 0.5) is 0 Å². The molecule has 3 heterocycles. The average molecular weight is 463 g/mol. The molecule has 0 saturated carbocycles. The number of piperidine rings is 1. The van der Waals surface area contributed by atoms with Crippen LogP contribution in [0, 0.1) is 6.92 Å². The minimum atomic E-state index is -0.324. The van der Waals surface area contributed by atoms with Crippen LogP contribution < -0.4 is 5.56 Å². The zero-order valence-corrected chi connectivity index (χ0v) is 18.9. The van der Waals surface area contributed by atoms with Crippen molar-refractivity contribution < 1.29 is 4.79 Å². The Hall–Kier alpha value is -3.52. The second-order valence-electron chi connectivity index (χ2n) is 8.41. The van der Waals surface area contributed by atoms with E-state index in [1.165, 1.54) is 0 Å². The number of H-pyrrole nitrogens is 1. The van der Waals surface area contributed by atoms with Gasteiger partial charge in [0.15, 0.2) is 11.2 Å². The van der Waals surface area contributed by atoms with Crippen molar-refractivity contribution in [3.05, 3.63) is 86.4 Å². The first kappa shape index (κ1) is 21.3. The minimum Gasteiger partial charge on any atom is -0.338 e. The largest absolute Gasteiger partial charge is 0.338 e. The van der Waals surface area contributed by atoms with Crippen LogP contribution in [-0.2, 0) is 6.54 Å². The molecule has 1 aliphatic rings. The van der Waals surface area contributed by atoms with Crippen LogP contribution in [0.25, 0.3) is 11.2 Å². The second kappa shape index (κ2) is 8.78. The molecule has 1 atom stereocenters. The van der Waals surface area contributed by atoms with E-state index >= 15 is 0 Å². The Morgan fingerprint density at radius 1 is 1.21 bits per heavy atom. The Balaban J connectivity index is 1.44. The highest BCUT2D eigenvalue weighted by Gasteiger charge is 2.28. The lowest BCUT2D eigenvalue weighted by Crippen LogP contribution is -2.40. The van der Waals surface area contributed by atoms with Crippen LogP contribution in [0.15, 0.2) is 53.3 Å². The van der Waals surface area contributed by atoms with E-state index in [4.69, 9.17) is 16.6 Å². The highest BCUT2D eigenvalue weighted by molar-refractivity contribution is 6.30. The van der Waals surface area contributed by atoms with Gasteiger partial charge in [-0.3, -0.25) is 9.59 Å². The van der Waals surface area contributed by atoms with Crippen molar-refractivity contribution in [1.29, 1.82) is 0 Å². The maximum atomic E-state index is 13.1. The summed E-state index contributed by atoms with van der Waals surface area (Å²) in [4.78, 5) is 35.3. The van der Waals surface area contributed by atoms with Crippen LogP contribution in [-0.4, -0.2) is 48.9 Å². The molecule has 9 heteroatoms. The first-order valence-electron chi connectivity index (χ1n) is 10.9. The lowest BCUT2D eigenvalue weighted by atomic mass is 9.96. The number of carbonyl (C=O) groups is 1. The molecule has 2 aromatic heterocycles. The maximum absolute atomic E-state index is 13.1. The molecule has 168 valence electrons. The highest BCUT2D eigenvalue weighted by atomic mass is 35.5. The summed E-state index contributed by atoms with van der Waals surface area (Å²) in [5.74, 6) is 0.497. The summed E-state index contributed by atoms with van der Waals surface area (Å²) < 4.78 is 1.61. The van der Waals surface area contributed by atoms with Crippen LogP contribution in [0.1, 0.15) is 46.1 Å². The van der Waals surface area contributed by atoms with Gasteiger partial charge in [0.2, 0.25) is 0 Å². The van der Waals surface area contributed by atoms with Crippen molar-refractivity contribution >= 4 is 28.7 Å². The fraction of sp³-hybridized carbons (Fsp3) is 0.292. The molecule has 5 rings (SSSR count). The molecule has 8 nitrogen and oxygen atoms in total. The topological polar surface area (TPSA) is 96.8 Å². The molecule has 1 aliphatic heterocycles. The van der Waals surface area contributed by atoms with Gasteiger partial charge in [0.05, 0.1) is 6.54 Å². The summed E-state index contributed by atoms with van der Waals surface area (Å²) in [6, 6.07) is 15.0. The molecule has 1 N–H and O–H groups in total. The number of rotatable bonds is 4. The average Bonchev–Trinajstić information content (AvgIpc) is 3.22. The van der Waals surface area contributed by atoms with Crippen molar-refractivity contribution in [3.8, 4) is 0 Å². The first-order chi connectivity index (χ1) is 16.0. The number of nitrogens with zero attached hydrogens (tertiary/aromatic N) is 5. The van der Waals surface area contributed by atoms with Gasteiger partial charge < -0.3 is 9.88 Å². The van der Waals surface area contributed by atoms with E-state index in [-0.39, 0.29) is 22.9 Å². The van der Waals surface area contributed by atoms with Crippen LogP contribution in [0.5, 0.6) is 0 Å². The maximum Gasteiger partial charge on any atom is 0.281 e. The van der Waals surface area contributed by atoms with Gasteiger partial charge in [0.1, 0.15) is 5.82 Å². The van der Waals surface area contributed by atoms with Gasteiger partial charge >= 0.3 is 0 Å². The number of benzene rings is 2. The third-order valence-corrected chi connectivity index (χ3v) is 6.32. The fourth-order valence-corrected chi connectivity index (χ4v) is 4.57. The molecule has 4 aromatic rings. The standard InChI is InChI=1S/C24H23ClN6O2/c1-15-6-2-3-10-19(15)24(33)30-11-5-8-17(14-30)21-26-22-20(23(32)27-21)28-29-31(22)13-16-7-4-9-18(25)12-16/h2-4,6-7,9-10,12,17H,5,8,11,13-14H2,1H3,(H,26,27,32)/t17-/m0/s1. The van der Waals surface area contributed by atoms with Crippen molar-refractivity contribution in [3.63, 3.8) is 0 Å². The second-order valence-corrected chi connectivity index (χ2v) is 8.84. The Labute approximate surface area is 195 Å². The summed E-state index contributed by atoms with van der Waals surface area (Å²) in [5.41, 5.74) is 2.90. The van der Waals surface area contributed by atoms with E-state index in [1.807, 2.05) is 54.3 Å². The molecule has 0 radical (unpaired) electrons. The lowest BCUT2D eigenvalue weighted by molar-refractivity contribution is 0.0704. The number of carbonyl (C=O) groups excluding carboxylic acids is 1. The number of aromatic amines is 1. The van der Waals surface area contributed by atoms with Crippen LogP contribution in [0.3, 0.4) is 0 Å². The Bertz CT molecular complexity index is 1400. The quantitative estimate of drug-likeness (QED) is 0.500. The molecule has 0 unspecified atom stereocenters. The zero-order chi connectivity index (χ0) is 22.9. The van der Waals surface area contributed by atoms with Gasteiger partial charge in [-0.15, -0.1) is 5.10 Å². The van der Waals surface area contributed by atoms with Crippen molar-refractivity contribution in [2.75, 3.05) is 13.1 Å². The van der Waals surface area contributed by atoms with E-state index in [0.717, 1.165) is 24.0 Å². The van der Waals surface area contributed by atoms with Crippen molar-refractivity contribution in [2.45, 2.75) is 32.2 Å². The SMILES string of the molecule is Cc1ccccc1C(=O)N1CCC[C@H](c2nc3c(nnn3Cc3cccc(Cl)c3)c(=O)[nH]2)C1. The van der Waals surface area contributed by atoms with Gasteiger partial charge in [0, 0.05) is 29.6 Å². The molecule has 0 aliphatic carbocycles. The van der Waals surface area contributed by atoms with Crippen LogP contribution >= 0.6 is 11.6 Å². The summed E-state index contributed by atoms with van der Waals surface area (Å²) in [7, 11) is 0. The number of hydrogen-bond acceptors (Lipinski definition) is 5. The normalized spacial score (nSPS) is 16.3. The van der Waals surface area contributed by atoms with E-state index in [1.54, 1.807) is 10.7 Å². The van der Waals surface area contributed by atoms with Crippen LogP contribution in [0.2, 0.25) is 5.02 Å². The number of halogens is 1. The number of likely N-dealkylation sites (tertiary alicyclic amines) is 1. The van der Waals surface area contributed by atoms with Crippen molar-refractivity contribution in [2.24, 2.45) is 0 Å². The molecule has 0 spiro atoms. The van der Waals surface area contributed by atoms with Gasteiger partial charge in [-0.2, -0.15) is 0 Å². The molecule has 33 heavy (non-hydrogen) atoms. The number of amides is 1. The molecule has 1 saturated heterocycles. The molecule has 2 aromatic carbocycles. The third kappa shape index (κ3) is 4.26. The number of hydrogen-bond donors (Lipinski definition) is 1. The smallest absolute Gasteiger partial charge is 0.281 e. The van der Waals surface area contributed by atoms with Gasteiger partial charge in [-0.05, 0) is 49.1 Å². The molecule has 1 fully saturated rings. The monoisotopic (exact) mass is 462 g/mol. The summed E-state index contributed by atoms with van der Waals surface area (Å²) in [6.07, 6.45) is 1.67. The third-order valence-electron chi connectivity index (χ3n) is 6.08. The predicted molar refractivity (Wildman–Crippen MR) is 126 cm³/mol. The predicted octanol–water partition coefficient (Wildman–Crippen LogP) is 3.54. The summed E-state index contributed by atoms with van der Waals surface area (Å²) in [5, 5.41) is 8.79. The lowest BCUT2D eigenvalue weighted by Gasteiger charge is -2.32. The number of aromatic nitrogens is 5. The summed E-state index contributed by atoms with van der Waals surface area (Å²) in [6.45, 7) is 3.52. The Morgan fingerprint density at radius 2 is 2.06 bits per heavy atom. The van der Waals surface area contributed by atoms with Gasteiger partial charge in [0.25, 0.3) is 11.5 Å². The molecular formula is C24H23ClN6O2. The van der Waals surface area contributed by atoms with E-state index in [2.05, 4.69) is 15.3 Å². The minimum absolute atomic E-state index is 0.00823. The van der Waals surface area contributed by atoms with Gasteiger partial charge in [-0.25, -0.2) is 9.67 Å². The highest BCUT2D eigenvalue weighted by Crippen LogP contribution is 2.26. The summed E-state index contributed by atoms with van der Waals surface area (Å²) >= 11 is 6.10. The number of nitrogens with one attached hydrogen (secondary N) is 1. The molecular weight excluding hydrogens is 440 g/mol. The van der Waals surface area contributed by atoms with E-state index in [0.29, 0.717) is 41.7 Å². The Morgan fingerprint density at radius 3 is 2.88 bits per heavy atom. The zero-order valence-electron chi connectivity index (χ0n) is 18.2. The number of fused-ring (bicyclic) bond motifs is 1. The van der Waals surface area contributed by atoms with E-state index in [9.17, 15) is 9.59 Å². The molecule has 0 bridgehead atoms. The molecule has 1 amide bonds. The first-order valence-corrected chi connectivity index (χ1v) is 11.3. The number of aryl methyl sites for hydroxylation is 1.